The molecular formula is C13H7Cl4NO2. The lowest BCUT2D eigenvalue weighted by atomic mass is 10.0. The maximum atomic E-state index is 11.8. The Kier molecular flexibility index (Phi) is 4.76. The summed E-state index contributed by atoms with van der Waals surface area (Å²) in [6.45, 7) is 0. The lowest BCUT2D eigenvalue weighted by Crippen LogP contribution is -2.07. The van der Waals surface area contributed by atoms with E-state index >= 15 is 0 Å². The summed E-state index contributed by atoms with van der Waals surface area (Å²) < 4.78 is 4.69. The molecule has 2 aromatic rings. The molecule has 0 aliphatic rings. The van der Waals surface area contributed by atoms with Gasteiger partial charge in [-0.05, 0) is 18.2 Å². The maximum Gasteiger partial charge on any atom is 0.357 e. The molecule has 0 saturated carbocycles. The smallest absolute Gasteiger partial charge is 0.357 e. The lowest BCUT2D eigenvalue weighted by molar-refractivity contribution is 0.0595. The topological polar surface area (TPSA) is 39.2 Å². The van der Waals surface area contributed by atoms with Crippen LogP contribution in [0.25, 0.3) is 11.1 Å². The summed E-state index contributed by atoms with van der Waals surface area (Å²) >= 11 is 23.9. The Labute approximate surface area is 135 Å². The van der Waals surface area contributed by atoms with Crippen molar-refractivity contribution in [3.63, 3.8) is 0 Å². The number of rotatable bonds is 2. The Hall–Kier alpha value is -1.000. The highest BCUT2D eigenvalue weighted by Gasteiger charge is 2.19. The van der Waals surface area contributed by atoms with Gasteiger partial charge in [0, 0.05) is 11.1 Å². The highest BCUT2D eigenvalue weighted by atomic mass is 35.5. The summed E-state index contributed by atoms with van der Waals surface area (Å²) in [5.74, 6) is -0.621. The Morgan fingerprint density at radius 3 is 2.30 bits per heavy atom. The van der Waals surface area contributed by atoms with Crippen molar-refractivity contribution in [2.24, 2.45) is 0 Å². The van der Waals surface area contributed by atoms with Crippen molar-refractivity contribution in [1.82, 2.24) is 4.98 Å². The Balaban J connectivity index is 2.70. The number of aromatic nitrogens is 1. The molecule has 0 bridgehead atoms. The van der Waals surface area contributed by atoms with Crippen LogP contribution in [0.4, 0.5) is 0 Å². The molecule has 1 heterocycles. The van der Waals surface area contributed by atoms with Crippen LogP contribution in [0, 0.1) is 0 Å². The standard InChI is InChI=1S/C13H7Cl4NO2/c1-20-13(19)12-7(3-5-9(15)18-12)6-2-4-8(14)11(17)10(6)16/h2-5H,1H3. The second kappa shape index (κ2) is 6.19. The molecule has 1 aromatic heterocycles. The molecule has 20 heavy (non-hydrogen) atoms. The average molecular weight is 351 g/mol. The van der Waals surface area contributed by atoms with Crippen molar-refractivity contribution in [1.29, 1.82) is 0 Å². The predicted octanol–water partition coefficient (Wildman–Crippen LogP) is 5.15. The van der Waals surface area contributed by atoms with E-state index in [1.165, 1.54) is 7.11 Å². The largest absolute Gasteiger partial charge is 0.464 e. The average Bonchev–Trinajstić information content (AvgIpc) is 2.44. The van der Waals surface area contributed by atoms with E-state index in [9.17, 15) is 4.79 Å². The van der Waals surface area contributed by atoms with E-state index in [2.05, 4.69) is 9.72 Å². The zero-order chi connectivity index (χ0) is 14.9. The number of benzene rings is 1. The van der Waals surface area contributed by atoms with Crippen molar-refractivity contribution in [3.05, 3.63) is 50.2 Å². The molecule has 0 N–H and O–H groups in total. The van der Waals surface area contributed by atoms with E-state index in [-0.39, 0.29) is 20.9 Å². The van der Waals surface area contributed by atoms with Gasteiger partial charge in [-0.1, -0.05) is 52.5 Å². The SMILES string of the molecule is COC(=O)c1nc(Cl)ccc1-c1ccc(Cl)c(Cl)c1Cl. The van der Waals surface area contributed by atoms with E-state index < -0.39 is 5.97 Å². The van der Waals surface area contributed by atoms with Crippen LogP contribution in [0.5, 0.6) is 0 Å². The molecule has 7 heteroatoms. The third-order valence-corrected chi connectivity index (χ3v) is 4.07. The molecule has 0 atom stereocenters. The minimum atomic E-state index is -0.621. The van der Waals surface area contributed by atoms with E-state index in [4.69, 9.17) is 46.4 Å². The van der Waals surface area contributed by atoms with Gasteiger partial charge in [-0.15, -0.1) is 0 Å². The van der Waals surface area contributed by atoms with Crippen LogP contribution in [0.15, 0.2) is 24.3 Å². The molecule has 0 aliphatic carbocycles. The minimum Gasteiger partial charge on any atom is -0.464 e. The molecule has 3 nitrogen and oxygen atoms in total. The number of hydrogen-bond acceptors (Lipinski definition) is 3. The van der Waals surface area contributed by atoms with Gasteiger partial charge >= 0.3 is 5.97 Å². The first-order chi connectivity index (χ1) is 9.45. The zero-order valence-corrected chi connectivity index (χ0v) is 13.1. The van der Waals surface area contributed by atoms with Crippen molar-refractivity contribution < 1.29 is 9.53 Å². The number of hydrogen-bond donors (Lipinski definition) is 0. The minimum absolute atomic E-state index is 0.0558. The van der Waals surface area contributed by atoms with E-state index in [0.717, 1.165) is 0 Å². The first kappa shape index (κ1) is 15.4. The maximum absolute atomic E-state index is 11.8. The van der Waals surface area contributed by atoms with Gasteiger partial charge in [0.2, 0.25) is 0 Å². The Morgan fingerprint density at radius 1 is 1.00 bits per heavy atom. The first-order valence-electron chi connectivity index (χ1n) is 5.34. The zero-order valence-electron chi connectivity index (χ0n) is 10.1. The second-order valence-corrected chi connectivity index (χ2v) is 5.30. The van der Waals surface area contributed by atoms with Gasteiger partial charge in [0.15, 0.2) is 5.69 Å². The second-order valence-electron chi connectivity index (χ2n) is 3.74. The van der Waals surface area contributed by atoms with Gasteiger partial charge in [-0.25, -0.2) is 9.78 Å². The molecule has 0 fully saturated rings. The van der Waals surface area contributed by atoms with Gasteiger partial charge in [-0.3, -0.25) is 0 Å². The number of esters is 1. The molecule has 1 aromatic carbocycles. The molecule has 0 amide bonds. The van der Waals surface area contributed by atoms with Gasteiger partial charge in [0.05, 0.1) is 22.2 Å². The van der Waals surface area contributed by atoms with Crippen molar-refractivity contribution in [3.8, 4) is 11.1 Å². The highest BCUT2D eigenvalue weighted by molar-refractivity contribution is 6.49. The lowest BCUT2D eigenvalue weighted by Gasteiger charge is -2.11. The number of pyridine rings is 1. The van der Waals surface area contributed by atoms with Crippen molar-refractivity contribution >= 4 is 52.4 Å². The van der Waals surface area contributed by atoms with Gasteiger partial charge < -0.3 is 4.74 Å². The number of methoxy groups -OCH3 is 1. The van der Waals surface area contributed by atoms with Crippen LogP contribution >= 0.6 is 46.4 Å². The van der Waals surface area contributed by atoms with Crippen LogP contribution < -0.4 is 0 Å². The van der Waals surface area contributed by atoms with Gasteiger partial charge in [0.1, 0.15) is 5.15 Å². The number of carbonyl (C=O) groups is 1. The summed E-state index contributed by atoms with van der Waals surface area (Å²) in [7, 11) is 1.26. The molecule has 104 valence electrons. The number of halogens is 4. The van der Waals surface area contributed by atoms with Crippen LogP contribution in [0.1, 0.15) is 10.5 Å². The van der Waals surface area contributed by atoms with Crippen LogP contribution in [0.2, 0.25) is 20.2 Å². The van der Waals surface area contributed by atoms with Crippen molar-refractivity contribution in [2.45, 2.75) is 0 Å². The Morgan fingerprint density at radius 2 is 1.65 bits per heavy atom. The van der Waals surface area contributed by atoms with Crippen molar-refractivity contribution in [2.75, 3.05) is 7.11 Å². The molecule has 0 aliphatic heterocycles. The normalized spacial score (nSPS) is 10.4. The van der Waals surface area contributed by atoms with Crippen LogP contribution in [-0.2, 0) is 4.74 Å². The van der Waals surface area contributed by atoms with E-state index in [1.54, 1.807) is 24.3 Å². The fourth-order valence-corrected chi connectivity index (χ4v) is 2.42. The van der Waals surface area contributed by atoms with Crippen LogP contribution in [-0.4, -0.2) is 18.1 Å². The fraction of sp³-hybridized carbons (Fsp3) is 0.0769. The first-order valence-corrected chi connectivity index (χ1v) is 6.85. The summed E-state index contributed by atoms with van der Waals surface area (Å²) in [6.07, 6.45) is 0. The Bertz CT molecular complexity index is 688. The molecule has 0 spiro atoms. The molecule has 0 saturated heterocycles. The predicted molar refractivity (Wildman–Crippen MR) is 81.1 cm³/mol. The summed E-state index contributed by atoms with van der Waals surface area (Å²) in [6, 6.07) is 6.39. The number of nitrogens with zero attached hydrogens (tertiary/aromatic N) is 1. The molecule has 0 unspecified atom stereocenters. The van der Waals surface area contributed by atoms with Gasteiger partial charge in [0.25, 0.3) is 0 Å². The summed E-state index contributed by atoms with van der Waals surface area (Å²) in [5.41, 5.74) is 1.04. The highest BCUT2D eigenvalue weighted by Crippen LogP contribution is 2.39. The van der Waals surface area contributed by atoms with E-state index in [0.29, 0.717) is 16.1 Å². The molecule has 2 rings (SSSR count). The molecule has 0 radical (unpaired) electrons. The van der Waals surface area contributed by atoms with E-state index in [1.807, 2.05) is 0 Å². The molecular weight excluding hydrogens is 344 g/mol. The monoisotopic (exact) mass is 349 g/mol. The third kappa shape index (κ3) is 2.86. The summed E-state index contributed by atoms with van der Waals surface area (Å²) in [4.78, 5) is 15.7. The summed E-state index contributed by atoms with van der Waals surface area (Å²) in [5, 5.41) is 0.928. The third-order valence-electron chi connectivity index (χ3n) is 2.57. The quantitative estimate of drug-likeness (QED) is 0.427. The fourth-order valence-electron chi connectivity index (χ4n) is 1.64. The number of ether oxygens (including phenoxy) is 1. The van der Waals surface area contributed by atoms with Gasteiger partial charge in [-0.2, -0.15) is 0 Å². The van der Waals surface area contributed by atoms with Crippen LogP contribution in [0.3, 0.4) is 0 Å². The number of carbonyl (C=O) groups excluding carboxylic acids is 1.